The van der Waals surface area contributed by atoms with Crippen LogP contribution in [0.3, 0.4) is 0 Å². The highest BCUT2D eigenvalue weighted by Gasteiger charge is 2.50. The second kappa shape index (κ2) is 15.2. The van der Waals surface area contributed by atoms with Crippen LogP contribution in [0, 0.1) is 0 Å². The van der Waals surface area contributed by atoms with E-state index in [0.29, 0.717) is 26.2 Å². The van der Waals surface area contributed by atoms with Crippen molar-refractivity contribution in [1.29, 1.82) is 0 Å². The number of fused-ring (bicyclic) bond motifs is 1. The summed E-state index contributed by atoms with van der Waals surface area (Å²) in [7, 11) is -2.61. The largest absolute Gasteiger partial charge is 0.405 e. The van der Waals surface area contributed by atoms with Gasteiger partial charge in [-0.05, 0) is 46.8 Å². The van der Waals surface area contributed by atoms with Gasteiger partial charge >= 0.3 is 0 Å². The molecule has 2 aliphatic heterocycles. The van der Waals surface area contributed by atoms with Gasteiger partial charge in [0.15, 0.2) is 0 Å². The van der Waals surface area contributed by atoms with Gasteiger partial charge in [0.1, 0.15) is 6.04 Å². The number of piperidine rings is 1. The molecule has 1 fully saturated rings. The number of benzene rings is 3. The van der Waals surface area contributed by atoms with E-state index in [2.05, 4.69) is 79.9 Å². The van der Waals surface area contributed by atoms with Gasteiger partial charge in [-0.2, -0.15) is 0 Å². The van der Waals surface area contributed by atoms with Gasteiger partial charge in [-0.25, -0.2) is 0 Å². The van der Waals surface area contributed by atoms with Gasteiger partial charge in [0.2, 0.25) is 17.7 Å². The topological polar surface area (TPSA) is 131 Å². The predicted molar refractivity (Wildman–Crippen MR) is 185 cm³/mol. The van der Waals surface area contributed by atoms with Gasteiger partial charge in [0.05, 0.1) is 30.0 Å². The number of ether oxygens (including phenoxy) is 1. The molecule has 5 rings (SSSR count). The van der Waals surface area contributed by atoms with Crippen molar-refractivity contribution in [1.82, 2.24) is 10.2 Å². The average Bonchev–Trinajstić information content (AvgIpc) is 3.32. The minimum absolute atomic E-state index is 0.0359. The normalized spacial score (nSPS) is 16.6. The first-order valence-corrected chi connectivity index (χ1v) is 18.4. The van der Waals surface area contributed by atoms with Crippen molar-refractivity contribution in [2.75, 3.05) is 25.1 Å². The molecule has 2 N–H and O–H groups in total. The SMILES string of the molecule is CC(C)(C)[Si](OCCOCCCCCC(=O)Nc1cccc2c1C(=O)N(C1CCC(=O)NC1=O)C2=O)(c1ccccc1)c1ccccc1. The summed E-state index contributed by atoms with van der Waals surface area (Å²) in [6, 6.07) is 24.6. The molecule has 1 atom stereocenters. The first kappa shape index (κ1) is 34.9. The molecule has 0 saturated carbocycles. The number of carbonyl (C=O) groups excluding carboxylic acids is 5. The summed E-state index contributed by atoms with van der Waals surface area (Å²) < 4.78 is 12.8. The maximum Gasteiger partial charge on any atom is 0.264 e. The van der Waals surface area contributed by atoms with Crippen molar-refractivity contribution < 1.29 is 33.1 Å². The zero-order chi connectivity index (χ0) is 34.3. The number of unbranched alkanes of at least 4 members (excludes halogenated alkanes) is 2. The van der Waals surface area contributed by atoms with E-state index in [4.69, 9.17) is 9.16 Å². The highest BCUT2D eigenvalue weighted by molar-refractivity contribution is 6.99. The fourth-order valence-corrected chi connectivity index (χ4v) is 11.2. The standard InChI is InChI=1S/C37H43N3O7Si/c1-37(2,3)48(26-14-7-4-8-15-26,27-16-9-5-10-17-27)47-25-24-46-23-12-6-11-20-31(41)38-29-19-13-18-28-33(29)36(45)40(35(28)44)30-21-22-32(42)39-34(30)43/h4-5,7-10,13-19,30H,6,11-12,20-25H2,1-3H3,(H,38,41)(H,39,42,43). The van der Waals surface area contributed by atoms with E-state index in [1.54, 1.807) is 12.1 Å². The molecule has 2 heterocycles. The molecule has 0 bridgehead atoms. The van der Waals surface area contributed by atoms with Crippen LogP contribution in [0.4, 0.5) is 5.69 Å². The molecule has 0 radical (unpaired) electrons. The third-order valence-electron chi connectivity index (χ3n) is 8.90. The van der Waals surface area contributed by atoms with Crippen LogP contribution >= 0.6 is 0 Å². The van der Waals surface area contributed by atoms with Crippen molar-refractivity contribution in [2.45, 2.75) is 70.4 Å². The van der Waals surface area contributed by atoms with E-state index in [0.717, 1.165) is 17.7 Å². The average molecular weight is 670 g/mol. The Labute approximate surface area is 282 Å². The van der Waals surface area contributed by atoms with E-state index in [-0.39, 0.29) is 47.0 Å². The molecular weight excluding hydrogens is 627 g/mol. The summed E-state index contributed by atoms with van der Waals surface area (Å²) in [5, 5.41) is 7.30. The quantitative estimate of drug-likeness (QED) is 0.150. The minimum atomic E-state index is -2.61. The van der Waals surface area contributed by atoms with Crippen LogP contribution in [-0.4, -0.2) is 68.6 Å². The summed E-state index contributed by atoms with van der Waals surface area (Å²) in [6.07, 6.45) is 2.51. The van der Waals surface area contributed by atoms with E-state index >= 15 is 0 Å². The molecule has 5 amide bonds. The van der Waals surface area contributed by atoms with Gasteiger partial charge < -0.3 is 14.5 Å². The van der Waals surface area contributed by atoms with Crippen LogP contribution < -0.4 is 21.0 Å². The lowest BCUT2D eigenvalue weighted by Crippen LogP contribution is -2.66. The Morgan fingerprint density at radius 3 is 2.12 bits per heavy atom. The highest BCUT2D eigenvalue weighted by Crippen LogP contribution is 2.37. The van der Waals surface area contributed by atoms with Crippen LogP contribution in [0.25, 0.3) is 0 Å². The van der Waals surface area contributed by atoms with E-state index in [1.807, 2.05) is 12.1 Å². The van der Waals surface area contributed by atoms with Crippen LogP contribution in [0.1, 0.15) is 80.0 Å². The van der Waals surface area contributed by atoms with Crippen molar-refractivity contribution in [3.05, 3.63) is 90.0 Å². The molecule has 3 aromatic rings. The zero-order valence-electron chi connectivity index (χ0n) is 27.8. The Balaban J connectivity index is 1.07. The van der Waals surface area contributed by atoms with Gasteiger partial charge in [-0.3, -0.25) is 34.2 Å². The Kier molecular flexibility index (Phi) is 11.0. The Bertz CT molecular complexity index is 1620. The maximum atomic E-state index is 13.3. The minimum Gasteiger partial charge on any atom is -0.405 e. The second-order valence-electron chi connectivity index (χ2n) is 13.2. The van der Waals surface area contributed by atoms with Gasteiger partial charge in [-0.15, -0.1) is 0 Å². The van der Waals surface area contributed by atoms with Crippen molar-refractivity contribution in [3.63, 3.8) is 0 Å². The number of rotatable bonds is 14. The van der Waals surface area contributed by atoms with Crippen molar-refractivity contribution >= 4 is 53.9 Å². The van der Waals surface area contributed by atoms with Gasteiger partial charge in [-0.1, -0.05) is 93.9 Å². The molecule has 3 aromatic carbocycles. The first-order valence-electron chi connectivity index (χ1n) is 16.5. The number of hydrogen-bond donors (Lipinski definition) is 2. The van der Waals surface area contributed by atoms with Crippen LogP contribution in [0.2, 0.25) is 5.04 Å². The Morgan fingerprint density at radius 1 is 0.833 bits per heavy atom. The molecule has 0 spiro atoms. The molecule has 0 aliphatic carbocycles. The summed E-state index contributed by atoms with van der Waals surface area (Å²) in [5.74, 6) is -2.66. The Morgan fingerprint density at radius 2 is 1.50 bits per heavy atom. The summed E-state index contributed by atoms with van der Waals surface area (Å²) in [4.78, 5) is 63.9. The smallest absolute Gasteiger partial charge is 0.264 e. The second-order valence-corrected chi connectivity index (χ2v) is 17.5. The van der Waals surface area contributed by atoms with Crippen molar-refractivity contribution in [2.24, 2.45) is 0 Å². The molecule has 2 aliphatic rings. The summed E-state index contributed by atoms with van der Waals surface area (Å²) >= 11 is 0. The number of anilines is 1. The molecule has 11 heteroatoms. The number of nitrogens with one attached hydrogen (secondary N) is 2. The van der Waals surface area contributed by atoms with Crippen molar-refractivity contribution in [3.8, 4) is 0 Å². The number of hydrogen-bond acceptors (Lipinski definition) is 7. The molecule has 1 unspecified atom stereocenters. The maximum absolute atomic E-state index is 13.3. The number of imide groups is 2. The lowest BCUT2D eigenvalue weighted by Gasteiger charge is -2.43. The lowest BCUT2D eigenvalue weighted by molar-refractivity contribution is -0.136. The molecule has 252 valence electrons. The molecule has 1 saturated heterocycles. The number of nitrogens with zero attached hydrogens (tertiary/aromatic N) is 1. The molecule has 48 heavy (non-hydrogen) atoms. The van der Waals surface area contributed by atoms with Crippen LogP contribution in [-0.2, 0) is 23.5 Å². The molecular formula is C37H43N3O7Si. The lowest BCUT2D eigenvalue weighted by atomic mass is 10.0. The first-order chi connectivity index (χ1) is 23.0. The van der Waals surface area contributed by atoms with Crippen LogP contribution in [0.15, 0.2) is 78.9 Å². The van der Waals surface area contributed by atoms with Gasteiger partial charge in [0, 0.05) is 19.4 Å². The summed E-state index contributed by atoms with van der Waals surface area (Å²) in [5.41, 5.74) is 0.419. The molecule has 10 nitrogen and oxygen atoms in total. The number of amides is 5. The van der Waals surface area contributed by atoms with E-state index in [1.165, 1.54) is 16.4 Å². The predicted octanol–water partition coefficient (Wildman–Crippen LogP) is 4.18. The van der Waals surface area contributed by atoms with Crippen LogP contribution in [0.5, 0.6) is 0 Å². The van der Waals surface area contributed by atoms with Gasteiger partial charge in [0.25, 0.3) is 20.1 Å². The van der Waals surface area contributed by atoms with E-state index in [9.17, 15) is 24.0 Å². The number of carbonyl (C=O) groups is 5. The van der Waals surface area contributed by atoms with E-state index < -0.39 is 38.0 Å². The Hall–Kier alpha value is -4.45. The third kappa shape index (κ3) is 7.33. The monoisotopic (exact) mass is 669 g/mol. The molecule has 0 aromatic heterocycles. The summed E-state index contributed by atoms with van der Waals surface area (Å²) in [6.45, 7) is 8.22. The highest BCUT2D eigenvalue weighted by atomic mass is 28.4. The fourth-order valence-electron chi connectivity index (χ4n) is 6.62. The zero-order valence-corrected chi connectivity index (χ0v) is 28.8. The fraction of sp³-hybridized carbons (Fsp3) is 0.378. The third-order valence-corrected chi connectivity index (χ3v) is 13.9.